The lowest BCUT2D eigenvalue weighted by Gasteiger charge is -2.14. The molecule has 6 nitrogen and oxygen atoms in total. The summed E-state index contributed by atoms with van der Waals surface area (Å²) >= 11 is 0. The van der Waals surface area contributed by atoms with E-state index < -0.39 is 11.8 Å². The smallest absolute Gasteiger partial charge is 0.313 e. The van der Waals surface area contributed by atoms with E-state index in [0.717, 1.165) is 16.6 Å². The number of fused-ring (bicyclic) bond motifs is 1. The highest BCUT2D eigenvalue weighted by molar-refractivity contribution is 6.40. The molecule has 0 saturated heterocycles. The molecule has 6 heteroatoms. The maximum atomic E-state index is 12.2. The fourth-order valence-electron chi connectivity index (χ4n) is 2.50. The fraction of sp³-hybridized carbons (Fsp3) is 0.158. The summed E-state index contributed by atoms with van der Waals surface area (Å²) in [5, 5.41) is 6.20. The highest BCUT2D eigenvalue weighted by atomic mass is 16.2. The molecule has 0 aliphatic carbocycles. The number of anilines is 1. The third-order valence-electron chi connectivity index (χ3n) is 3.85. The summed E-state index contributed by atoms with van der Waals surface area (Å²) in [6.07, 6.45) is 3.31. The second-order valence-electron chi connectivity index (χ2n) is 5.77. The third kappa shape index (κ3) is 3.80. The molecule has 1 aromatic carbocycles. The molecule has 0 unspecified atom stereocenters. The predicted molar refractivity (Wildman–Crippen MR) is 95.9 cm³/mol. The van der Waals surface area contributed by atoms with Gasteiger partial charge < -0.3 is 10.6 Å². The molecule has 0 bridgehead atoms. The minimum absolute atomic E-state index is 0.320. The fourth-order valence-corrected chi connectivity index (χ4v) is 2.50. The first kappa shape index (κ1) is 16.6. The monoisotopic (exact) mass is 334 g/mol. The minimum atomic E-state index is -0.730. The first-order valence-electron chi connectivity index (χ1n) is 7.93. The van der Waals surface area contributed by atoms with E-state index >= 15 is 0 Å². The second-order valence-corrected chi connectivity index (χ2v) is 5.77. The molecule has 126 valence electrons. The second kappa shape index (κ2) is 7.09. The van der Waals surface area contributed by atoms with Crippen molar-refractivity contribution in [1.29, 1.82) is 0 Å². The van der Waals surface area contributed by atoms with E-state index in [0.29, 0.717) is 11.2 Å². The molecular weight excluding hydrogens is 316 g/mol. The van der Waals surface area contributed by atoms with Gasteiger partial charge in [0.15, 0.2) is 0 Å². The van der Waals surface area contributed by atoms with Gasteiger partial charge in [-0.3, -0.25) is 19.6 Å². The Kier molecular flexibility index (Phi) is 4.70. The number of aryl methyl sites for hydroxylation is 1. The number of amides is 2. The number of carbonyl (C=O) groups excluding carboxylic acids is 2. The molecule has 3 aromatic rings. The normalized spacial score (nSPS) is 11.8. The van der Waals surface area contributed by atoms with E-state index in [9.17, 15) is 9.59 Å². The van der Waals surface area contributed by atoms with Gasteiger partial charge in [-0.05, 0) is 37.6 Å². The van der Waals surface area contributed by atoms with Crippen LogP contribution in [0.2, 0.25) is 0 Å². The van der Waals surface area contributed by atoms with Crippen LogP contribution in [0.4, 0.5) is 5.69 Å². The number of nitrogens with zero attached hydrogens (tertiary/aromatic N) is 2. The molecule has 3 rings (SSSR count). The SMILES string of the molecule is Cc1ccc2cccc(NC(=O)C(=O)N[C@H](C)c3cccnc3)c2n1. The van der Waals surface area contributed by atoms with Gasteiger partial charge in [0.05, 0.1) is 17.2 Å². The number of para-hydroxylation sites is 1. The molecule has 2 heterocycles. The van der Waals surface area contributed by atoms with E-state index in [1.54, 1.807) is 31.5 Å². The van der Waals surface area contributed by atoms with E-state index in [1.807, 2.05) is 37.3 Å². The van der Waals surface area contributed by atoms with Crippen molar-refractivity contribution in [3.8, 4) is 0 Å². The van der Waals surface area contributed by atoms with Crippen LogP contribution in [0.3, 0.4) is 0 Å². The van der Waals surface area contributed by atoms with Crippen molar-refractivity contribution in [3.05, 3.63) is 66.1 Å². The summed E-state index contributed by atoms with van der Waals surface area (Å²) in [5.41, 5.74) is 2.83. The largest absolute Gasteiger partial charge is 0.341 e. The number of rotatable bonds is 3. The highest BCUT2D eigenvalue weighted by Gasteiger charge is 2.18. The summed E-state index contributed by atoms with van der Waals surface area (Å²) in [5.74, 6) is -1.44. The molecule has 0 fully saturated rings. The lowest BCUT2D eigenvalue weighted by molar-refractivity contribution is -0.136. The molecular formula is C19H18N4O2. The van der Waals surface area contributed by atoms with Gasteiger partial charge in [-0.15, -0.1) is 0 Å². The van der Waals surface area contributed by atoms with Crippen LogP contribution in [-0.2, 0) is 9.59 Å². The molecule has 0 radical (unpaired) electrons. The first-order chi connectivity index (χ1) is 12.0. The van der Waals surface area contributed by atoms with Crippen molar-refractivity contribution in [1.82, 2.24) is 15.3 Å². The predicted octanol–water partition coefficient (Wildman–Crippen LogP) is 2.75. The number of benzene rings is 1. The highest BCUT2D eigenvalue weighted by Crippen LogP contribution is 2.21. The standard InChI is InChI=1S/C19H18N4O2/c1-12-8-9-14-5-3-7-16(17(14)21-12)23-19(25)18(24)22-13(2)15-6-4-10-20-11-15/h3-11,13H,1-2H3,(H,22,24)(H,23,25)/t13-/m1/s1. The summed E-state index contributed by atoms with van der Waals surface area (Å²) in [6, 6.07) is 12.6. The summed E-state index contributed by atoms with van der Waals surface area (Å²) in [4.78, 5) is 32.9. The number of pyridine rings is 2. The van der Waals surface area contributed by atoms with Gasteiger partial charge in [0.25, 0.3) is 0 Å². The molecule has 0 saturated carbocycles. The molecule has 1 atom stereocenters. The lowest BCUT2D eigenvalue weighted by atomic mass is 10.1. The van der Waals surface area contributed by atoms with Crippen LogP contribution in [0.15, 0.2) is 54.9 Å². The summed E-state index contributed by atoms with van der Waals surface area (Å²) in [7, 11) is 0. The van der Waals surface area contributed by atoms with Gasteiger partial charge in [-0.25, -0.2) is 0 Å². The van der Waals surface area contributed by atoms with Crippen molar-refractivity contribution >= 4 is 28.4 Å². The average molecular weight is 334 g/mol. The van der Waals surface area contributed by atoms with Crippen molar-refractivity contribution in [2.75, 3.05) is 5.32 Å². The van der Waals surface area contributed by atoms with Crippen LogP contribution in [0, 0.1) is 6.92 Å². The minimum Gasteiger partial charge on any atom is -0.341 e. The van der Waals surface area contributed by atoms with Crippen LogP contribution >= 0.6 is 0 Å². The van der Waals surface area contributed by atoms with Gasteiger partial charge in [0, 0.05) is 23.5 Å². The zero-order valence-electron chi connectivity index (χ0n) is 14.0. The first-order valence-corrected chi connectivity index (χ1v) is 7.93. The molecule has 0 aliphatic heterocycles. The molecule has 2 N–H and O–H groups in total. The van der Waals surface area contributed by atoms with Crippen LogP contribution in [0.5, 0.6) is 0 Å². The number of aromatic nitrogens is 2. The Bertz CT molecular complexity index is 925. The Morgan fingerprint density at radius 1 is 1.04 bits per heavy atom. The molecule has 0 aliphatic rings. The molecule has 2 amide bonds. The quantitative estimate of drug-likeness (QED) is 0.721. The summed E-state index contributed by atoms with van der Waals surface area (Å²) < 4.78 is 0. The number of carbonyl (C=O) groups is 2. The van der Waals surface area contributed by atoms with Crippen LogP contribution in [-0.4, -0.2) is 21.8 Å². The maximum Gasteiger partial charge on any atom is 0.313 e. The van der Waals surface area contributed by atoms with Gasteiger partial charge in [0.2, 0.25) is 0 Å². The molecule has 0 spiro atoms. The summed E-state index contributed by atoms with van der Waals surface area (Å²) in [6.45, 7) is 3.67. The van der Waals surface area contributed by atoms with E-state index in [-0.39, 0.29) is 6.04 Å². The zero-order chi connectivity index (χ0) is 17.8. The van der Waals surface area contributed by atoms with Crippen LogP contribution in [0.1, 0.15) is 24.2 Å². The Morgan fingerprint density at radius 2 is 1.88 bits per heavy atom. The number of nitrogens with one attached hydrogen (secondary N) is 2. The zero-order valence-corrected chi connectivity index (χ0v) is 14.0. The topological polar surface area (TPSA) is 84.0 Å². The van der Waals surface area contributed by atoms with Crippen molar-refractivity contribution < 1.29 is 9.59 Å². The Labute approximate surface area is 145 Å². The van der Waals surface area contributed by atoms with E-state index in [1.165, 1.54) is 0 Å². The number of hydrogen-bond acceptors (Lipinski definition) is 4. The molecule has 2 aromatic heterocycles. The van der Waals surface area contributed by atoms with Gasteiger partial charge in [-0.1, -0.05) is 24.3 Å². The van der Waals surface area contributed by atoms with E-state index in [4.69, 9.17) is 0 Å². The maximum absolute atomic E-state index is 12.2. The van der Waals surface area contributed by atoms with Crippen molar-refractivity contribution in [2.45, 2.75) is 19.9 Å². The number of hydrogen-bond donors (Lipinski definition) is 2. The Hall–Kier alpha value is -3.28. The van der Waals surface area contributed by atoms with E-state index in [2.05, 4.69) is 20.6 Å². The van der Waals surface area contributed by atoms with Gasteiger partial charge in [-0.2, -0.15) is 0 Å². The van der Waals surface area contributed by atoms with Gasteiger partial charge in [0.1, 0.15) is 0 Å². The van der Waals surface area contributed by atoms with Gasteiger partial charge >= 0.3 is 11.8 Å². The van der Waals surface area contributed by atoms with Crippen LogP contribution in [0.25, 0.3) is 10.9 Å². The Morgan fingerprint density at radius 3 is 2.64 bits per heavy atom. The molecule has 25 heavy (non-hydrogen) atoms. The van der Waals surface area contributed by atoms with Crippen LogP contribution < -0.4 is 10.6 Å². The third-order valence-corrected chi connectivity index (χ3v) is 3.85. The van der Waals surface area contributed by atoms with Crippen molar-refractivity contribution in [3.63, 3.8) is 0 Å². The Balaban J connectivity index is 1.74. The lowest BCUT2D eigenvalue weighted by Crippen LogP contribution is -2.37. The average Bonchev–Trinajstić information content (AvgIpc) is 2.62. The van der Waals surface area contributed by atoms with Crippen molar-refractivity contribution in [2.24, 2.45) is 0 Å².